The number of anilines is 1. The van der Waals surface area contributed by atoms with Gasteiger partial charge in [0.05, 0.1) is 17.8 Å². The summed E-state index contributed by atoms with van der Waals surface area (Å²) in [6.07, 6.45) is 1.41. The topological polar surface area (TPSA) is 97.0 Å². The number of amides is 4. The molecule has 4 amide bonds. The molecule has 190 valence electrons. The van der Waals surface area contributed by atoms with Crippen LogP contribution in [0.3, 0.4) is 0 Å². The first-order valence-electron chi connectivity index (χ1n) is 11.2. The van der Waals surface area contributed by atoms with E-state index in [4.69, 9.17) is 21.1 Å². The van der Waals surface area contributed by atoms with Crippen molar-refractivity contribution < 1.29 is 28.2 Å². The number of imide groups is 1. The molecule has 1 aliphatic heterocycles. The van der Waals surface area contributed by atoms with E-state index in [2.05, 4.69) is 10.6 Å². The van der Waals surface area contributed by atoms with Gasteiger partial charge in [0.1, 0.15) is 24.7 Å². The van der Waals surface area contributed by atoms with Crippen LogP contribution in [0.5, 0.6) is 11.5 Å². The van der Waals surface area contributed by atoms with Crippen molar-refractivity contribution in [3.8, 4) is 11.5 Å². The standard InChI is InChI=1S/C27H23ClFN3O5/c1-16-7-9-17(10-8-16)15-37-25-19(28)11-18(13-23(25)36-2)12-22-26(34)32(27(35)31-22)14-24(33)30-21-6-4-3-5-20(21)29/h3-13H,14-15H2,1-2H3,(H,30,33)(H,31,35)/b22-12+. The molecule has 0 bridgehead atoms. The predicted molar refractivity (Wildman–Crippen MR) is 137 cm³/mol. The van der Waals surface area contributed by atoms with Crippen LogP contribution in [-0.4, -0.2) is 36.4 Å². The van der Waals surface area contributed by atoms with Gasteiger partial charge in [0.2, 0.25) is 5.91 Å². The molecule has 0 radical (unpaired) electrons. The SMILES string of the molecule is COc1cc(/C=C2/NC(=O)N(CC(=O)Nc3ccccc3F)C2=O)cc(Cl)c1OCc1ccc(C)cc1. The lowest BCUT2D eigenvalue weighted by atomic mass is 10.1. The summed E-state index contributed by atoms with van der Waals surface area (Å²) in [5, 5.41) is 5.02. The van der Waals surface area contributed by atoms with Gasteiger partial charge in [0.25, 0.3) is 5.91 Å². The van der Waals surface area contributed by atoms with Gasteiger partial charge in [-0.1, -0.05) is 53.6 Å². The molecule has 0 aliphatic carbocycles. The highest BCUT2D eigenvalue weighted by molar-refractivity contribution is 6.32. The summed E-state index contributed by atoms with van der Waals surface area (Å²) in [6, 6.07) is 15.8. The van der Waals surface area contributed by atoms with Crippen LogP contribution in [-0.2, 0) is 16.2 Å². The molecule has 0 unspecified atom stereocenters. The van der Waals surface area contributed by atoms with E-state index < -0.39 is 30.2 Å². The zero-order valence-electron chi connectivity index (χ0n) is 20.0. The van der Waals surface area contributed by atoms with E-state index in [9.17, 15) is 18.8 Å². The monoisotopic (exact) mass is 523 g/mol. The number of para-hydroxylation sites is 1. The summed E-state index contributed by atoms with van der Waals surface area (Å²) in [7, 11) is 1.46. The van der Waals surface area contributed by atoms with Crippen molar-refractivity contribution in [1.29, 1.82) is 0 Å². The average molecular weight is 524 g/mol. The van der Waals surface area contributed by atoms with Crippen LogP contribution in [0.4, 0.5) is 14.9 Å². The van der Waals surface area contributed by atoms with Crippen LogP contribution in [0.15, 0.2) is 66.4 Å². The third-order valence-corrected chi connectivity index (χ3v) is 5.76. The lowest BCUT2D eigenvalue weighted by Crippen LogP contribution is -2.38. The Bertz CT molecular complexity index is 1390. The summed E-state index contributed by atoms with van der Waals surface area (Å²) in [5.74, 6) is -1.41. The maximum atomic E-state index is 13.8. The minimum absolute atomic E-state index is 0.0539. The number of urea groups is 1. The fraction of sp³-hybridized carbons (Fsp3) is 0.148. The molecule has 10 heteroatoms. The Morgan fingerprint density at radius 1 is 1.14 bits per heavy atom. The first-order chi connectivity index (χ1) is 17.7. The Hall–Kier alpha value is -4.37. The van der Waals surface area contributed by atoms with Crippen molar-refractivity contribution in [2.24, 2.45) is 0 Å². The normalized spacial score (nSPS) is 14.1. The van der Waals surface area contributed by atoms with E-state index in [0.717, 1.165) is 16.0 Å². The number of benzene rings is 3. The van der Waals surface area contributed by atoms with Crippen LogP contribution in [0, 0.1) is 12.7 Å². The van der Waals surface area contributed by atoms with Gasteiger partial charge in [-0.3, -0.25) is 9.59 Å². The summed E-state index contributed by atoms with van der Waals surface area (Å²) < 4.78 is 25.1. The number of halogens is 2. The fourth-order valence-corrected chi connectivity index (χ4v) is 3.85. The number of aryl methyl sites for hydroxylation is 1. The van der Waals surface area contributed by atoms with Crippen LogP contribution >= 0.6 is 11.6 Å². The van der Waals surface area contributed by atoms with Gasteiger partial charge in [-0.05, 0) is 48.4 Å². The lowest BCUT2D eigenvalue weighted by molar-refractivity contribution is -0.127. The Morgan fingerprint density at radius 2 is 1.86 bits per heavy atom. The number of methoxy groups -OCH3 is 1. The molecule has 0 atom stereocenters. The van der Waals surface area contributed by atoms with Gasteiger partial charge in [-0.2, -0.15) is 0 Å². The Balaban J connectivity index is 1.47. The molecule has 0 aromatic heterocycles. The Morgan fingerprint density at radius 3 is 2.57 bits per heavy atom. The Labute approximate surface area is 217 Å². The molecule has 37 heavy (non-hydrogen) atoms. The maximum absolute atomic E-state index is 13.8. The van der Waals surface area contributed by atoms with E-state index in [1.807, 2.05) is 31.2 Å². The average Bonchev–Trinajstić information content (AvgIpc) is 3.12. The molecule has 1 aliphatic rings. The second-order valence-corrected chi connectivity index (χ2v) is 8.62. The molecule has 3 aromatic rings. The molecule has 3 aromatic carbocycles. The third-order valence-electron chi connectivity index (χ3n) is 5.48. The number of carbonyl (C=O) groups excluding carboxylic acids is 3. The number of hydrogen-bond donors (Lipinski definition) is 2. The first-order valence-corrected chi connectivity index (χ1v) is 11.6. The van der Waals surface area contributed by atoms with Gasteiger partial charge in [-0.15, -0.1) is 0 Å². The summed E-state index contributed by atoms with van der Waals surface area (Å²) in [5.41, 5.74) is 2.44. The molecule has 1 heterocycles. The van der Waals surface area contributed by atoms with Gasteiger partial charge in [0.15, 0.2) is 11.5 Å². The van der Waals surface area contributed by atoms with Crippen LogP contribution in [0.25, 0.3) is 6.08 Å². The van der Waals surface area contributed by atoms with E-state index in [-0.39, 0.29) is 23.0 Å². The number of rotatable bonds is 8. The van der Waals surface area contributed by atoms with Gasteiger partial charge >= 0.3 is 6.03 Å². The predicted octanol–water partition coefficient (Wildman–Crippen LogP) is 4.91. The number of carbonyl (C=O) groups is 3. The quantitative estimate of drug-likeness (QED) is 0.323. The number of hydrogen-bond acceptors (Lipinski definition) is 5. The zero-order chi connectivity index (χ0) is 26.5. The summed E-state index contributed by atoms with van der Waals surface area (Å²) >= 11 is 6.44. The highest BCUT2D eigenvalue weighted by Crippen LogP contribution is 2.37. The molecular formula is C27H23ClFN3O5. The summed E-state index contributed by atoms with van der Waals surface area (Å²) in [6.45, 7) is 1.68. The minimum atomic E-state index is -0.781. The molecule has 2 N–H and O–H groups in total. The molecule has 1 saturated heterocycles. The number of nitrogens with one attached hydrogen (secondary N) is 2. The van der Waals surface area contributed by atoms with Gasteiger partial charge in [-0.25, -0.2) is 14.1 Å². The van der Waals surface area contributed by atoms with E-state index in [1.165, 1.54) is 31.4 Å². The van der Waals surface area contributed by atoms with Crippen molar-refractivity contribution in [2.75, 3.05) is 19.0 Å². The molecular weight excluding hydrogens is 501 g/mol. The van der Waals surface area contributed by atoms with Crippen molar-refractivity contribution in [2.45, 2.75) is 13.5 Å². The van der Waals surface area contributed by atoms with Crippen molar-refractivity contribution in [3.63, 3.8) is 0 Å². The summed E-state index contributed by atoms with van der Waals surface area (Å²) in [4.78, 5) is 38.2. The van der Waals surface area contributed by atoms with Gasteiger partial charge in [0, 0.05) is 0 Å². The fourth-order valence-electron chi connectivity index (χ4n) is 3.58. The second-order valence-electron chi connectivity index (χ2n) is 8.22. The second kappa shape index (κ2) is 11.1. The van der Waals surface area contributed by atoms with Crippen molar-refractivity contribution in [1.82, 2.24) is 10.2 Å². The smallest absolute Gasteiger partial charge is 0.329 e. The largest absolute Gasteiger partial charge is 0.493 e. The molecule has 8 nitrogen and oxygen atoms in total. The van der Waals surface area contributed by atoms with E-state index >= 15 is 0 Å². The highest BCUT2D eigenvalue weighted by Gasteiger charge is 2.35. The lowest BCUT2D eigenvalue weighted by Gasteiger charge is -2.14. The van der Waals surface area contributed by atoms with Crippen LogP contribution < -0.4 is 20.1 Å². The molecule has 0 saturated carbocycles. The van der Waals surface area contributed by atoms with Crippen molar-refractivity contribution in [3.05, 3.63) is 93.9 Å². The zero-order valence-corrected chi connectivity index (χ0v) is 20.8. The van der Waals surface area contributed by atoms with Gasteiger partial charge < -0.3 is 20.1 Å². The van der Waals surface area contributed by atoms with Crippen LogP contribution in [0.1, 0.15) is 16.7 Å². The maximum Gasteiger partial charge on any atom is 0.329 e. The van der Waals surface area contributed by atoms with Crippen LogP contribution in [0.2, 0.25) is 5.02 Å². The third kappa shape index (κ3) is 6.07. The van der Waals surface area contributed by atoms with E-state index in [0.29, 0.717) is 17.1 Å². The van der Waals surface area contributed by atoms with E-state index in [1.54, 1.807) is 18.2 Å². The Kier molecular flexibility index (Phi) is 7.74. The molecule has 0 spiro atoms. The minimum Gasteiger partial charge on any atom is -0.493 e. The molecule has 1 fully saturated rings. The number of ether oxygens (including phenoxy) is 2. The first kappa shape index (κ1) is 25.7. The molecule has 4 rings (SSSR count). The van der Waals surface area contributed by atoms with Crippen molar-refractivity contribution >= 4 is 41.2 Å². The highest BCUT2D eigenvalue weighted by atomic mass is 35.5. The number of nitrogens with zero attached hydrogens (tertiary/aromatic N) is 1.